The molecule has 172 valence electrons. The lowest BCUT2D eigenvalue weighted by atomic mass is 9.79. The van der Waals surface area contributed by atoms with Crippen LogP contribution in [0, 0.1) is 12.3 Å². The van der Waals surface area contributed by atoms with Crippen molar-refractivity contribution in [2.24, 2.45) is 11.1 Å². The summed E-state index contributed by atoms with van der Waals surface area (Å²) in [4.78, 5) is 37.5. The number of hydrogen-bond acceptors (Lipinski definition) is 4. The van der Waals surface area contributed by atoms with E-state index in [1.54, 1.807) is 0 Å². The molecule has 2 aromatic rings. The van der Waals surface area contributed by atoms with Crippen LogP contribution < -0.4 is 11.1 Å². The predicted molar refractivity (Wildman–Crippen MR) is 128 cm³/mol. The predicted octanol–water partition coefficient (Wildman–Crippen LogP) is 5.48. The molecule has 6 nitrogen and oxygen atoms in total. The summed E-state index contributed by atoms with van der Waals surface area (Å²) < 4.78 is 0. The lowest BCUT2D eigenvalue weighted by Gasteiger charge is -2.26. The first kappa shape index (κ1) is 24.0. The fourth-order valence-corrected chi connectivity index (χ4v) is 5.82. The van der Waals surface area contributed by atoms with Crippen molar-refractivity contribution in [2.75, 3.05) is 5.32 Å². The lowest BCUT2D eigenvalue weighted by Crippen LogP contribution is -2.28. The van der Waals surface area contributed by atoms with E-state index in [9.17, 15) is 19.5 Å². The molecule has 0 unspecified atom stereocenters. The van der Waals surface area contributed by atoms with Crippen LogP contribution in [0.3, 0.4) is 0 Å². The number of carboxylic acid groups (broad SMARTS) is 1. The molecule has 32 heavy (non-hydrogen) atoms. The van der Waals surface area contributed by atoms with Crippen molar-refractivity contribution in [3.8, 4) is 11.1 Å². The third-order valence-electron chi connectivity index (χ3n) is 6.35. The molecule has 3 rings (SSSR count). The largest absolute Gasteiger partial charge is 0.481 e. The molecule has 1 aliphatic rings. The summed E-state index contributed by atoms with van der Waals surface area (Å²) in [6, 6.07) is 8.05. The Morgan fingerprint density at radius 1 is 1.09 bits per heavy atom. The third kappa shape index (κ3) is 5.21. The van der Waals surface area contributed by atoms with Gasteiger partial charge in [-0.15, -0.1) is 11.3 Å². The van der Waals surface area contributed by atoms with Gasteiger partial charge in [0.05, 0.1) is 12.0 Å². The number of nitrogens with two attached hydrogens (primary N) is 1. The minimum absolute atomic E-state index is 0.0139. The van der Waals surface area contributed by atoms with Gasteiger partial charge in [-0.1, -0.05) is 57.9 Å². The van der Waals surface area contributed by atoms with E-state index >= 15 is 0 Å². The molecule has 0 aliphatic heterocycles. The third-order valence-corrected chi connectivity index (χ3v) is 7.37. The number of hydrogen-bond donors (Lipinski definition) is 3. The fraction of sp³-hybridized carbons (Fsp3) is 0.480. The topological polar surface area (TPSA) is 109 Å². The van der Waals surface area contributed by atoms with Crippen LogP contribution in [-0.4, -0.2) is 22.9 Å². The van der Waals surface area contributed by atoms with Gasteiger partial charge in [0.15, 0.2) is 0 Å². The number of amides is 2. The lowest BCUT2D eigenvalue weighted by molar-refractivity contribution is -0.140. The first-order valence-corrected chi connectivity index (χ1v) is 11.8. The van der Waals surface area contributed by atoms with Crippen LogP contribution in [0.4, 0.5) is 5.00 Å². The van der Waals surface area contributed by atoms with Crippen molar-refractivity contribution < 1.29 is 19.5 Å². The maximum Gasteiger partial charge on any atom is 0.303 e. The number of carbonyl (C=O) groups excluding carboxylic acids is 2. The van der Waals surface area contributed by atoms with Crippen molar-refractivity contribution >= 4 is 34.1 Å². The summed E-state index contributed by atoms with van der Waals surface area (Å²) in [5, 5.41) is 12.6. The average Bonchev–Trinajstić information content (AvgIpc) is 3.24. The molecular formula is C25H32N2O4S. The van der Waals surface area contributed by atoms with Gasteiger partial charge in [-0.2, -0.15) is 0 Å². The Morgan fingerprint density at radius 3 is 2.19 bits per heavy atom. The van der Waals surface area contributed by atoms with Gasteiger partial charge >= 0.3 is 5.97 Å². The quantitative estimate of drug-likeness (QED) is 0.512. The smallest absolute Gasteiger partial charge is 0.303 e. The second-order valence-electron chi connectivity index (χ2n) is 9.93. The molecule has 0 radical (unpaired) electrons. The summed E-state index contributed by atoms with van der Waals surface area (Å²) >= 11 is 1.32. The number of carbonyl (C=O) groups is 3. The fourth-order valence-electron chi connectivity index (χ4n) is 4.73. The molecular weight excluding hydrogens is 424 g/mol. The summed E-state index contributed by atoms with van der Waals surface area (Å²) in [6.45, 7) is 8.33. The van der Waals surface area contributed by atoms with Crippen LogP contribution in [0.15, 0.2) is 24.3 Å². The highest BCUT2D eigenvalue weighted by Gasteiger charge is 2.38. The Bertz CT molecular complexity index is 1030. The van der Waals surface area contributed by atoms with Crippen LogP contribution in [0.2, 0.25) is 0 Å². The highest BCUT2D eigenvalue weighted by atomic mass is 32.1. The molecule has 1 heterocycles. The summed E-state index contributed by atoms with van der Waals surface area (Å²) in [6.07, 6.45) is 3.43. The summed E-state index contributed by atoms with van der Waals surface area (Å²) in [5.41, 5.74) is 8.34. The number of benzene rings is 1. The van der Waals surface area contributed by atoms with E-state index in [4.69, 9.17) is 5.73 Å². The standard InChI is InChI=1S/C25H32N2O4S/c1-15-20(16-7-9-17(10-8-16)24(2,3)4)21(22(26)31)23(32-15)27-18(28)13-25(14-19(29)30)11-5-6-12-25/h7-10H,5-6,11-14H2,1-4H3,(H2,26,31)(H,27,28)(H,29,30). The van der Waals surface area contributed by atoms with Crippen molar-refractivity contribution in [3.63, 3.8) is 0 Å². The van der Waals surface area contributed by atoms with Crippen LogP contribution >= 0.6 is 11.3 Å². The first-order valence-electron chi connectivity index (χ1n) is 11.0. The van der Waals surface area contributed by atoms with E-state index in [1.165, 1.54) is 16.9 Å². The van der Waals surface area contributed by atoms with Crippen molar-refractivity contribution in [3.05, 3.63) is 40.3 Å². The van der Waals surface area contributed by atoms with Crippen molar-refractivity contribution in [2.45, 2.75) is 71.6 Å². The number of nitrogens with one attached hydrogen (secondary N) is 1. The van der Waals surface area contributed by atoms with E-state index in [2.05, 4.69) is 26.1 Å². The summed E-state index contributed by atoms with van der Waals surface area (Å²) in [5.74, 6) is -1.75. The highest BCUT2D eigenvalue weighted by molar-refractivity contribution is 7.17. The normalized spacial score (nSPS) is 15.5. The Balaban J connectivity index is 1.89. The number of carboxylic acids is 1. The van der Waals surface area contributed by atoms with Gasteiger partial charge in [0.2, 0.25) is 5.91 Å². The Morgan fingerprint density at radius 2 is 1.69 bits per heavy atom. The zero-order valence-electron chi connectivity index (χ0n) is 19.2. The highest BCUT2D eigenvalue weighted by Crippen LogP contribution is 2.45. The van der Waals surface area contributed by atoms with Gasteiger partial charge < -0.3 is 16.2 Å². The van der Waals surface area contributed by atoms with Gasteiger partial charge in [-0.25, -0.2) is 0 Å². The van der Waals surface area contributed by atoms with Crippen LogP contribution in [-0.2, 0) is 15.0 Å². The Kier molecular flexibility index (Phi) is 6.79. The number of thiophene rings is 1. The van der Waals surface area contributed by atoms with Crippen LogP contribution in [0.25, 0.3) is 11.1 Å². The molecule has 1 aliphatic carbocycles. The maximum absolute atomic E-state index is 12.9. The SMILES string of the molecule is Cc1sc(NC(=O)CC2(CC(=O)O)CCCC2)c(C(N)=O)c1-c1ccc(C(C)(C)C)cc1. The van der Waals surface area contributed by atoms with Crippen molar-refractivity contribution in [1.82, 2.24) is 0 Å². The van der Waals surface area contributed by atoms with Crippen LogP contribution in [0.5, 0.6) is 0 Å². The van der Waals surface area contributed by atoms with E-state index in [0.29, 0.717) is 10.6 Å². The van der Waals surface area contributed by atoms with Gasteiger partial charge in [0, 0.05) is 16.9 Å². The molecule has 2 amide bonds. The van der Waals surface area contributed by atoms with Gasteiger partial charge in [0.1, 0.15) is 5.00 Å². The number of primary amides is 1. The number of aryl methyl sites for hydroxylation is 1. The number of aliphatic carboxylic acids is 1. The molecule has 4 N–H and O–H groups in total. The molecule has 1 aromatic heterocycles. The van der Waals surface area contributed by atoms with E-state index < -0.39 is 17.3 Å². The minimum atomic E-state index is -0.884. The average molecular weight is 457 g/mol. The van der Waals surface area contributed by atoms with Gasteiger partial charge in [-0.05, 0) is 41.7 Å². The molecule has 7 heteroatoms. The van der Waals surface area contributed by atoms with Crippen molar-refractivity contribution in [1.29, 1.82) is 0 Å². The Hall–Kier alpha value is -2.67. The monoisotopic (exact) mass is 456 g/mol. The summed E-state index contributed by atoms with van der Waals surface area (Å²) in [7, 11) is 0. The molecule has 0 spiro atoms. The minimum Gasteiger partial charge on any atom is -0.481 e. The van der Waals surface area contributed by atoms with Crippen LogP contribution in [0.1, 0.15) is 80.1 Å². The van der Waals surface area contributed by atoms with Gasteiger partial charge in [0.25, 0.3) is 5.91 Å². The molecule has 0 saturated heterocycles. The van der Waals surface area contributed by atoms with E-state index in [-0.39, 0.29) is 24.2 Å². The maximum atomic E-state index is 12.9. The number of anilines is 1. The molecule has 1 aromatic carbocycles. The molecule has 1 saturated carbocycles. The molecule has 0 bridgehead atoms. The Labute approximate surface area is 193 Å². The zero-order valence-corrected chi connectivity index (χ0v) is 20.0. The van der Waals surface area contributed by atoms with E-state index in [1.807, 2.05) is 31.2 Å². The molecule has 1 fully saturated rings. The second-order valence-corrected chi connectivity index (χ2v) is 11.2. The van der Waals surface area contributed by atoms with E-state index in [0.717, 1.165) is 41.7 Å². The number of rotatable bonds is 7. The second kappa shape index (κ2) is 9.06. The first-order chi connectivity index (χ1) is 14.9. The van der Waals surface area contributed by atoms with Gasteiger partial charge in [-0.3, -0.25) is 14.4 Å². The zero-order chi connectivity index (χ0) is 23.7. The molecule has 0 atom stereocenters.